The fourth-order valence-corrected chi connectivity index (χ4v) is 2.25. The number of benzene rings is 2. The van der Waals surface area contributed by atoms with Gasteiger partial charge in [-0.1, -0.05) is 17.3 Å². The summed E-state index contributed by atoms with van der Waals surface area (Å²) in [5.41, 5.74) is -0.603. The Hall–Kier alpha value is -3.56. The summed E-state index contributed by atoms with van der Waals surface area (Å²) < 4.78 is 52.7. The van der Waals surface area contributed by atoms with E-state index in [-0.39, 0.29) is 29.6 Å². The minimum atomic E-state index is -4.44. The van der Waals surface area contributed by atoms with Gasteiger partial charge in [-0.2, -0.15) is 18.2 Å². The van der Waals surface area contributed by atoms with Crippen molar-refractivity contribution in [3.05, 3.63) is 59.5 Å². The molecule has 0 amide bonds. The third-order valence-electron chi connectivity index (χ3n) is 3.69. The number of hydrogen-bond acceptors (Lipinski definition) is 7. The average molecular weight is 394 g/mol. The number of halogens is 3. The summed E-state index contributed by atoms with van der Waals surface area (Å²) in [7, 11) is 1.41. The highest BCUT2D eigenvalue weighted by molar-refractivity contribution is 5.92. The first-order valence-electron chi connectivity index (χ1n) is 7.82. The Morgan fingerprint density at radius 2 is 1.89 bits per heavy atom. The number of carbonyl (C=O) groups is 1. The van der Waals surface area contributed by atoms with Crippen molar-refractivity contribution >= 4 is 5.97 Å². The third kappa shape index (κ3) is 4.22. The zero-order valence-electron chi connectivity index (χ0n) is 14.4. The second-order valence-corrected chi connectivity index (χ2v) is 5.55. The zero-order chi connectivity index (χ0) is 20.3. The van der Waals surface area contributed by atoms with E-state index < -0.39 is 17.7 Å². The molecule has 0 bridgehead atoms. The molecule has 0 radical (unpaired) electrons. The van der Waals surface area contributed by atoms with Gasteiger partial charge in [-0.25, -0.2) is 4.79 Å². The van der Waals surface area contributed by atoms with Crippen LogP contribution in [0.1, 0.15) is 21.8 Å². The Bertz CT molecular complexity index is 984. The predicted molar refractivity (Wildman–Crippen MR) is 88.5 cm³/mol. The van der Waals surface area contributed by atoms with E-state index in [0.29, 0.717) is 11.3 Å². The molecule has 0 unspecified atom stereocenters. The van der Waals surface area contributed by atoms with Gasteiger partial charge in [-0.15, -0.1) is 0 Å². The molecule has 7 nitrogen and oxygen atoms in total. The molecule has 0 saturated carbocycles. The number of nitrogens with zero attached hydrogens (tertiary/aromatic N) is 2. The summed E-state index contributed by atoms with van der Waals surface area (Å²) in [6.45, 7) is -0.386. The molecule has 0 saturated heterocycles. The number of rotatable bonds is 5. The summed E-state index contributed by atoms with van der Waals surface area (Å²) in [4.78, 5) is 16.1. The number of phenols is 1. The van der Waals surface area contributed by atoms with Gasteiger partial charge in [-0.3, -0.25) is 0 Å². The van der Waals surface area contributed by atoms with Gasteiger partial charge >= 0.3 is 12.1 Å². The van der Waals surface area contributed by atoms with Crippen molar-refractivity contribution in [2.75, 3.05) is 7.11 Å². The van der Waals surface area contributed by atoms with Gasteiger partial charge in [-0.05, 0) is 30.3 Å². The first-order chi connectivity index (χ1) is 13.3. The second-order valence-electron chi connectivity index (χ2n) is 5.55. The van der Waals surface area contributed by atoms with Crippen LogP contribution in [0, 0.1) is 0 Å². The van der Waals surface area contributed by atoms with E-state index in [1.165, 1.54) is 37.4 Å². The van der Waals surface area contributed by atoms with Gasteiger partial charge in [0, 0.05) is 5.56 Å². The minimum Gasteiger partial charge on any atom is -0.507 e. The molecular formula is C18H13F3N2O5. The smallest absolute Gasteiger partial charge is 0.416 e. The number of aromatic hydroxyl groups is 1. The fraction of sp³-hybridized carbons (Fsp3) is 0.167. The van der Waals surface area contributed by atoms with Crippen molar-refractivity contribution in [3.8, 4) is 22.9 Å². The molecule has 28 heavy (non-hydrogen) atoms. The molecule has 0 aliphatic carbocycles. The van der Waals surface area contributed by atoms with E-state index in [1.54, 1.807) is 0 Å². The number of phenolic OH excluding ortho intramolecular Hbond substituents is 1. The molecule has 10 heteroatoms. The van der Waals surface area contributed by atoms with Crippen LogP contribution in [0.4, 0.5) is 13.2 Å². The molecule has 0 aliphatic heterocycles. The van der Waals surface area contributed by atoms with Crippen LogP contribution in [-0.2, 0) is 17.5 Å². The first kappa shape index (κ1) is 19.2. The molecule has 0 aliphatic rings. The summed E-state index contributed by atoms with van der Waals surface area (Å²) in [5.74, 6) is -0.797. The maximum absolute atomic E-state index is 12.6. The van der Waals surface area contributed by atoms with E-state index in [1.807, 2.05) is 0 Å². The molecule has 3 aromatic rings. The van der Waals surface area contributed by atoms with Gasteiger partial charge in [0.2, 0.25) is 5.82 Å². The Labute approximate surface area is 156 Å². The van der Waals surface area contributed by atoms with Crippen molar-refractivity contribution in [1.29, 1.82) is 0 Å². The molecule has 0 atom stereocenters. The fourth-order valence-electron chi connectivity index (χ4n) is 2.25. The second kappa shape index (κ2) is 7.59. The number of alkyl halides is 3. The van der Waals surface area contributed by atoms with Gasteiger partial charge in [0.05, 0.1) is 12.7 Å². The van der Waals surface area contributed by atoms with Crippen LogP contribution in [0.2, 0.25) is 0 Å². The molecule has 1 aromatic heterocycles. The Morgan fingerprint density at radius 1 is 1.18 bits per heavy atom. The van der Waals surface area contributed by atoms with Crippen LogP contribution in [0.3, 0.4) is 0 Å². The maximum atomic E-state index is 12.6. The van der Waals surface area contributed by atoms with Gasteiger partial charge in [0.25, 0.3) is 5.89 Å². The van der Waals surface area contributed by atoms with Gasteiger partial charge in [0.1, 0.15) is 17.1 Å². The Balaban J connectivity index is 1.67. The number of carbonyl (C=O) groups excluding carboxylic acids is 1. The summed E-state index contributed by atoms with van der Waals surface area (Å²) >= 11 is 0. The highest BCUT2D eigenvalue weighted by atomic mass is 19.4. The lowest BCUT2D eigenvalue weighted by atomic mass is 10.1. The summed E-state index contributed by atoms with van der Waals surface area (Å²) in [6, 6.07) is 8.27. The molecule has 0 fully saturated rings. The highest BCUT2D eigenvalue weighted by Gasteiger charge is 2.30. The number of methoxy groups -OCH3 is 1. The molecule has 2 aromatic carbocycles. The van der Waals surface area contributed by atoms with E-state index in [4.69, 9.17) is 14.0 Å². The number of esters is 1. The van der Waals surface area contributed by atoms with E-state index >= 15 is 0 Å². The average Bonchev–Trinajstić information content (AvgIpc) is 3.15. The van der Waals surface area contributed by atoms with Crippen molar-refractivity contribution in [1.82, 2.24) is 10.1 Å². The van der Waals surface area contributed by atoms with Gasteiger partial charge in [0.15, 0.2) is 6.61 Å². The normalized spacial score (nSPS) is 11.3. The zero-order valence-corrected chi connectivity index (χ0v) is 14.4. The molecule has 0 spiro atoms. The largest absolute Gasteiger partial charge is 0.507 e. The monoisotopic (exact) mass is 394 g/mol. The van der Waals surface area contributed by atoms with Crippen molar-refractivity contribution < 1.29 is 37.1 Å². The predicted octanol–water partition coefficient (Wildman–Crippen LogP) is 3.83. The lowest BCUT2D eigenvalue weighted by Crippen LogP contribution is -2.06. The third-order valence-corrected chi connectivity index (χ3v) is 3.69. The minimum absolute atomic E-state index is 0.0454. The van der Waals surface area contributed by atoms with Crippen molar-refractivity contribution in [3.63, 3.8) is 0 Å². The number of hydrogen-bond donors (Lipinski definition) is 1. The lowest BCUT2D eigenvalue weighted by molar-refractivity contribution is -0.137. The standard InChI is InChI=1S/C18H13F3N2O5/c1-26-12-6-7-14(24)13(8-12)17(25)27-9-15-22-16(23-28-15)10-2-4-11(5-3-10)18(19,20)21/h2-8,24H,9H2,1H3. The SMILES string of the molecule is COc1ccc(O)c(C(=O)OCc2nc(-c3ccc(C(F)(F)F)cc3)no2)c1. The lowest BCUT2D eigenvalue weighted by Gasteiger charge is -2.06. The molecule has 146 valence electrons. The summed E-state index contributed by atoms with van der Waals surface area (Å²) in [5, 5.41) is 13.4. The molecule has 3 rings (SSSR count). The topological polar surface area (TPSA) is 94.7 Å². The van der Waals surface area contributed by atoms with Crippen LogP contribution in [0.5, 0.6) is 11.5 Å². The van der Waals surface area contributed by atoms with Crippen LogP contribution in [-0.4, -0.2) is 28.3 Å². The van der Waals surface area contributed by atoms with Crippen molar-refractivity contribution in [2.45, 2.75) is 12.8 Å². The van der Waals surface area contributed by atoms with E-state index in [9.17, 15) is 23.1 Å². The van der Waals surface area contributed by atoms with E-state index in [0.717, 1.165) is 12.1 Å². The van der Waals surface area contributed by atoms with Crippen molar-refractivity contribution in [2.24, 2.45) is 0 Å². The summed E-state index contributed by atoms with van der Waals surface area (Å²) in [6.07, 6.45) is -4.44. The van der Waals surface area contributed by atoms with Crippen LogP contribution < -0.4 is 4.74 Å². The molecular weight excluding hydrogens is 381 g/mol. The van der Waals surface area contributed by atoms with E-state index in [2.05, 4.69) is 10.1 Å². The van der Waals surface area contributed by atoms with Gasteiger partial charge < -0.3 is 19.1 Å². The van der Waals surface area contributed by atoms with Crippen LogP contribution >= 0.6 is 0 Å². The van der Waals surface area contributed by atoms with Crippen LogP contribution in [0.25, 0.3) is 11.4 Å². The highest BCUT2D eigenvalue weighted by Crippen LogP contribution is 2.30. The number of ether oxygens (including phenoxy) is 2. The Kier molecular flexibility index (Phi) is 5.21. The molecule has 1 heterocycles. The first-order valence-corrected chi connectivity index (χ1v) is 7.82. The quantitative estimate of drug-likeness (QED) is 0.657. The maximum Gasteiger partial charge on any atom is 0.416 e. The van der Waals surface area contributed by atoms with Crippen LogP contribution in [0.15, 0.2) is 47.0 Å². The number of aromatic nitrogens is 2. The molecule has 1 N–H and O–H groups in total. The Morgan fingerprint density at radius 3 is 2.54 bits per heavy atom.